The Bertz CT molecular complexity index is 630. The molecule has 1 aliphatic carbocycles. The van der Waals surface area contributed by atoms with Gasteiger partial charge in [-0.1, -0.05) is 20.8 Å². The highest BCUT2D eigenvalue weighted by Crippen LogP contribution is 2.34. The van der Waals surface area contributed by atoms with Crippen molar-refractivity contribution in [2.24, 2.45) is 11.8 Å². The van der Waals surface area contributed by atoms with Gasteiger partial charge < -0.3 is 20.3 Å². The third-order valence-corrected chi connectivity index (χ3v) is 5.74. The summed E-state index contributed by atoms with van der Waals surface area (Å²) in [6, 6.07) is -0.726. The van der Waals surface area contributed by atoms with Crippen molar-refractivity contribution in [3.05, 3.63) is 0 Å². The number of ketones is 1. The number of ether oxygens (including phenoxy) is 1. The Hall–Kier alpha value is -2.12. The van der Waals surface area contributed by atoms with Crippen molar-refractivity contribution in [1.29, 1.82) is 0 Å². The Morgan fingerprint density at radius 3 is 2.48 bits per heavy atom. The van der Waals surface area contributed by atoms with Crippen LogP contribution < -0.4 is 10.6 Å². The zero-order chi connectivity index (χ0) is 21.6. The van der Waals surface area contributed by atoms with Crippen molar-refractivity contribution in [3.63, 3.8) is 0 Å². The van der Waals surface area contributed by atoms with E-state index < -0.39 is 17.7 Å². The Balaban J connectivity index is 2.01. The van der Waals surface area contributed by atoms with E-state index in [2.05, 4.69) is 10.6 Å². The van der Waals surface area contributed by atoms with E-state index in [1.807, 2.05) is 20.8 Å². The van der Waals surface area contributed by atoms with Crippen LogP contribution in [0.4, 0.5) is 4.79 Å². The first-order chi connectivity index (χ1) is 13.6. The van der Waals surface area contributed by atoms with Gasteiger partial charge in [-0.15, -0.1) is 0 Å². The fourth-order valence-corrected chi connectivity index (χ4v) is 3.78. The molecule has 0 aromatic heterocycles. The van der Waals surface area contributed by atoms with Crippen LogP contribution in [0, 0.1) is 11.8 Å². The van der Waals surface area contributed by atoms with Crippen LogP contribution in [-0.4, -0.2) is 59.9 Å². The average Bonchev–Trinajstić information content (AvgIpc) is 3.02. The van der Waals surface area contributed by atoms with E-state index in [-0.39, 0.29) is 48.9 Å². The minimum atomic E-state index is -0.726. The van der Waals surface area contributed by atoms with Gasteiger partial charge in [-0.05, 0) is 44.9 Å². The highest BCUT2D eigenvalue weighted by atomic mass is 16.6. The van der Waals surface area contributed by atoms with Gasteiger partial charge in [0.05, 0.1) is 18.5 Å². The van der Waals surface area contributed by atoms with Crippen molar-refractivity contribution in [1.82, 2.24) is 15.5 Å². The minimum Gasteiger partial charge on any atom is -0.443 e. The minimum absolute atomic E-state index is 0.0828. The number of amides is 3. The number of nitrogens with one attached hydrogen (secondary N) is 2. The molecular weight excluding hydrogens is 374 g/mol. The average molecular weight is 410 g/mol. The van der Waals surface area contributed by atoms with Gasteiger partial charge in [-0.25, -0.2) is 4.79 Å². The molecule has 0 bridgehead atoms. The van der Waals surface area contributed by atoms with E-state index >= 15 is 0 Å². The summed E-state index contributed by atoms with van der Waals surface area (Å²) in [6.45, 7) is 8.26. The molecule has 8 nitrogen and oxygen atoms in total. The first-order valence-electron chi connectivity index (χ1n) is 10.7. The zero-order valence-electron chi connectivity index (χ0n) is 18.1. The molecule has 2 fully saturated rings. The summed E-state index contributed by atoms with van der Waals surface area (Å²) in [5.41, 5.74) is -0.449. The summed E-state index contributed by atoms with van der Waals surface area (Å²) in [7, 11) is 0. The predicted octanol–water partition coefficient (Wildman–Crippen LogP) is 2.01. The molecule has 0 unspecified atom stereocenters. The number of Topliss-reactive ketones (excluding diaryl/α,β-unsaturated/α-hetero) is 1. The molecule has 29 heavy (non-hydrogen) atoms. The maximum absolute atomic E-state index is 13.0. The molecule has 1 saturated carbocycles. The van der Waals surface area contributed by atoms with Gasteiger partial charge in [0.25, 0.3) is 0 Å². The van der Waals surface area contributed by atoms with Crippen LogP contribution in [0.5, 0.6) is 0 Å². The highest BCUT2D eigenvalue weighted by molar-refractivity contribution is 5.92. The molecule has 0 spiro atoms. The number of carbonyl (C=O) groups is 4. The van der Waals surface area contributed by atoms with Gasteiger partial charge in [0.1, 0.15) is 5.60 Å². The molecule has 0 aromatic rings. The van der Waals surface area contributed by atoms with Crippen molar-refractivity contribution in [3.8, 4) is 0 Å². The van der Waals surface area contributed by atoms with Gasteiger partial charge in [0.15, 0.2) is 5.78 Å². The fraction of sp³-hybridized carbons (Fsp3) is 0.810. The molecule has 2 atom stereocenters. The predicted molar refractivity (Wildman–Crippen MR) is 108 cm³/mol. The number of hydrogen-bond donors (Lipinski definition) is 2. The van der Waals surface area contributed by atoms with Crippen molar-refractivity contribution >= 4 is 23.7 Å². The van der Waals surface area contributed by atoms with E-state index in [1.54, 1.807) is 6.92 Å². The number of carbonyl (C=O) groups excluding carboxylic acids is 4. The molecule has 8 heteroatoms. The molecule has 164 valence electrons. The van der Waals surface area contributed by atoms with Crippen LogP contribution >= 0.6 is 0 Å². The number of rotatable bonds is 10. The van der Waals surface area contributed by atoms with Crippen LogP contribution in [0.15, 0.2) is 0 Å². The largest absolute Gasteiger partial charge is 0.443 e. The van der Waals surface area contributed by atoms with Gasteiger partial charge in [-0.3, -0.25) is 14.4 Å². The second-order valence-corrected chi connectivity index (χ2v) is 8.89. The molecule has 3 amide bonds. The Morgan fingerprint density at radius 2 is 2.00 bits per heavy atom. The smallest absolute Gasteiger partial charge is 0.408 e. The van der Waals surface area contributed by atoms with Crippen LogP contribution in [0.1, 0.15) is 66.2 Å². The quantitative estimate of drug-likeness (QED) is 0.574. The molecule has 2 N–H and O–H groups in total. The van der Waals surface area contributed by atoms with Crippen LogP contribution in [0.2, 0.25) is 0 Å². The third kappa shape index (κ3) is 6.72. The topological polar surface area (TPSA) is 105 Å². The molecular formula is C21H35N3O5. The van der Waals surface area contributed by atoms with Gasteiger partial charge in [-0.2, -0.15) is 0 Å². The SMILES string of the molecule is CCC(=O)N(CC(=O)[C@H](CC(C)C)NC(=O)OC1(C)CCC1)C[C@@H]1CCNC1=O. The van der Waals surface area contributed by atoms with E-state index in [0.29, 0.717) is 19.4 Å². The molecule has 2 rings (SSSR count). The van der Waals surface area contributed by atoms with E-state index in [9.17, 15) is 19.2 Å². The number of alkyl carbamates (subject to hydrolysis) is 1. The monoisotopic (exact) mass is 409 g/mol. The molecule has 0 radical (unpaired) electrons. The Morgan fingerprint density at radius 1 is 1.31 bits per heavy atom. The fourth-order valence-electron chi connectivity index (χ4n) is 3.78. The summed E-state index contributed by atoms with van der Waals surface area (Å²) in [5.74, 6) is -0.612. The number of hydrogen-bond acceptors (Lipinski definition) is 5. The summed E-state index contributed by atoms with van der Waals surface area (Å²) < 4.78 is 5.50. The van der Waals surface area contributed by atoms with Gasteiger partial charge in [0.2, 0.25) is 11.8 Å². The summed E-state index contributed by atoms with van der Waals surface area (Å²) >= 11 is 0. The van der Waals surface area contributed by atoms with Crippen molar-refractivity contribution < 1.29 is 23.9 Å². The van der Waals surface area contributed by atoms with Crippen molar-refractivity contribution in [2.75, 3.05) is 19.6 Å². The normalized spacial score (nSPS) is 21.1. The molecule has 2 aliphatic rings. The first kappa shape index (κ1) is 23.2. The molecule has 1 heterocycles. The Labute approximate surface area is 173 Å². The van der Waals surface area contributed by atoms with E-state index in [4.69, 9.17) is 4.74 Å². The van der Waals surface area contributed by atoms with E-state index in [0.717, 1.165) is 19.3 Å². The number of nitrogens with zero attached hydrogens (tertiary/aromatic N) is 1. The molecule has 1 aliphatic heterocycles. The maximum atomic E-state index is 13.0. The lowest BCUT2D eigenvalue weighted by Crippen LogP contribution is -2.50. The standard InChI is InChI=1S/C21H35N3O5/c1-5-18(26)24(12-15-7-10-22-19(15)27)13-17(25)16(11-14(2)3)23-20(28)29-21(4)8-6-9-21/h14-16H,5-13H2,1-4H3,(H,22,27)(H,23,28)/t15-,16-/m0/s1. The van der Waals surface area contributed by atoms with Crippen LogP contribution in [0.25, 0.3) is 0 Å². The maximum Gasteiger partial charge on any atom is 0.408 e. The lowest BCUT2D eigenvalue weighted by Gasteiger charge is -2.37. The second kappa shape index (κ2) is 10.1. The Kier molecular flexibility index (Phi) is 8.05. The van der Waals surface area contributed by atoms with Crippen LogP contribution in [-0.2, 0) is 19.1 Å². The second-order valence-electron chi connectivity index (χ2n) is 8.89. The first-order valence-corrected chi connectivity index (χ1v) is 10.7. The summed E-state index contributed by atoms with van der Waals surface area (Å²) in [5, 5.41) is 5.47. The van der Waals surface area contributed by atoms with Gasteiger partial charge in [0, 0.05) is 19.5 Å². The highest BCUT2D eigenvalue weighted by Gasteiger charge is 2.37. The third-order valence-electron chi connectivity index (χ3n) is 5.74. The zero-order valence-corrected chi connectivity index (χ0v) is 18.1. The summed E-state index contributed by atoms with van der Waals surface area (Å²) in [4.78, 5) is 51.0. The van der Waals surface area contributed by atoms with Crippen LogP contribution in [0.3, 0.4) is 0 Å². The molecule has 1 saturated heterocycles. The summed E-state index contributed by atoms with van der Waals surface area (Å²) in [6.07, 6.45) is 3.46. The van der Waals surface area contributed by atoms with Gasteiger partial charge >= 0.3 is 6.09 Å². The lowest BCUT2D eigenvalue weighted by molar-refractivity contribution is -0.137. The lowest BCUT2D eigenvalue weighted by atomic mass is 9.82. The molecule has 0 aromatic carbocycles. The van der Waals surface area contributed by atoms with Crippen molar-refractivity contribution in [2.45, 2.75) is 77.9 Å². The van der Waals surface area contributed by atoms with E-state index in [1.165, 1.54) is 4.90 Å².